The van der Waals surface area contributed by atoms with Crippen LogP contribution in [0.1, 0.15) is 38.7 Å². The third-order valence-electron chi connectivity index (χ3n) is 5.57. The van der Waals surface area contributed by atoms with Gasteiger partial charge in [-0.25, -0.2) is 0 Å². The second-order valence-electron chi connectivity index (χ2n) is 7.87. The molecule has 1 aromatic carbocycles. The van der Waals surface area contributed by atoms with Crippen molar-refractivity contribution in [1.82, 2.24) is 4.90 Å². The highest BCUT2D eigenvalue weighted by Gasteiger charge is 2.49. The quantitative estimate of drug-likeness (QED) is 0.704. The first-order valence-electron chi connectivity index (χ1n) is 9.63. The van der Waals surface area contributed by atoms with Gasteiger partial charge in [0.2, 0.25) is 5.91 Å². The van der Waals surface area contributed by atoms with Crippen molar-refractivity contribution in [3.63, 3.8) is 0 Å². The average Bonchev–Trinajstić information content (AvgIpc) is 2.67. The van der Waals surface area contributed by atoms with Crippen LogP contribution in [-0.4, -0.2) is 60.4 Å². The fraction of sp³-hybridized carbons (Fsp3) is 0.619. The number of ether oxygens (including phenoxy) is 2. The number of amides is 1. The SMILES string of the molecule is COc1ccc(CC(=O)N2CC[C@H](O)[C@](CCC(C)C)(C(=O)O)C2)c(OC)c1. The van der Waals surface area contributed by atoms with E-state index in [1.165, 1.54) is 7.11 Å². The summed E-state index contributed by atoms with van der Waals surface area (Å²) in [5.41, 5.74) is -0.607. The Morgan fingerprint density at radius 2 is 2.00 bits per heavy atom. The van der Waals surface area contributed by atoms with Crippen LogP contribution in [-0.2, 0) is 16.0 Å². The fourth-order valence-corrected chi connectivity index (χ4v) is 3.67. The Kier molecular flexibility index (Phi) is 7.29. The zero-order valence-electron chi connectivity index (χ0n) is 17.1. The van der Waals surface area contributed by atoms with Gasteiger partial charge in [-0.05, 0) is 31.2 Å². The monoisotopic (exact) mass is 393 g/mol. The zero-order valence-corrected chi connectivity index (χ0v) is 17.1. The van der Waals surface area contributed by atoms with E-state index in [0.717, 1.165) is 0 Å². The summed E-state index contributed by atoms with van der Waals surface area (Å²) >= 11 is 0. The van der Waals surface area contributed by atoms with Gasteiger partial charge in [-0.3, -0.25) is 9.59 Å². The molecule has 7 heteroatoms. The number of nitrogens with zero attached hydrogens (tertiary/aromatic N) is 1. The number of benzene rings is 1. The molecule has 1 aliphatic heterocycles. The molecule has 1 saturated heterocycles. The molecule has 1 heterocycles. The molecule has 1 aromatic rings. The number of carbonyl (C=O) groups is 2. The van der Waals surface area contributed by atoms with Crippen LogP contribution < -0.4 is 9.47 Å². The van der Waals surface area contributed by atoms with E-state index in [-0.39, 0.29) is 25.3 Å². The van der Waals surface area contributed by atoms with E-state index in [1.54, 1.807) is 30.2 Å². The van der Waals surface area contributed by atoms with Crippen molar-refractivity contribution in [2.75, 3.05) is 27.3 Å². The van der Waals surface area contributed by atoms with Crippen molar-refractivity contribution in [3.8, 4) is 11.5 Å². The number of carbonyl (C=O) groups excluding carboxylic acids is 1. The molecule has 1 aliphatic rings. The van der Waals surface area contributed by atoms with Crippen LogP contribution in [0.25, 0.3) is 0 Å². The maximum absolute atomic E-state index is 12.9. The Labute approximate surface area is 166 Å². The number of rotatable bonds is 8. The Hall–Kier alpha value is -2.28. The molecule has 156 valence electrons. The van der Waals surface area contributed by atoms with Gasteiger partial charge >= 0.3 is 5.97 Å². The van der Waals surface area contributed by atoms with Gasteiger partial charge in [-0.15, -0.1) is 0 Å². The van der Waals surface area contributed by atoms with Gasteiger partial charge in [-0.2, -0.15) is 0 Å². The number of aliphatic hydroxyl groups excluding tert-OH is 1. The lowest BCUT2D eigenvalue weighted by Crippen LogP contribution is -2.57. The predicted octanol–water partition coefficient (Wildman–Crippen LogP) is 2.35. The summed E-state index contributed by atoms with van der Waals surface area (Å²) in [5, 5.41) is 20.3. The minimum atomic E-state index is -1.32. The predicted molar refractivity (Wildman–Crippen MR) is 105 cm³/mol. The van der Waals surface area contributed by atoms with E-state index in [0.29, 0.717) is 42.4 Å². The molecule has 0 bridgehead atoms. The molecule has 0 spiro atoms. The van der Waals surface area contributed by atoms with Crippen molar-refractivity contribution in [2.24, 2.45) is 11.3 Å². The summed E-state index contributed by atoms with van der Waals surface area (Å²) in [7, 11) is 3.09. The lowest BCUT2D eigenvalue weighted by molar-refractivity contribution is -0.167. The third kappa shape index (κ3) is 4.76. The third-order valence-corrected chi connectivity index (χ3v) is 5.57. The zero-order chi connectivity index (χ0) is 20.9. The van der Waals surface area contributed by atoms with E-state index in [9.17, 15) is 19.8 Å². The number of methoxy groups -OCH3 is 2. The van der Waals surface area contributed by atoms with Gasteiger partial charge < -0.3 is 24.6 Å². The second-order valence-corrected chi connectivity index (χ2v) is 7.87. The Bertz CT molecular complexity index is 704. The van der Waals surface area contributed by atoms with Crippen LogP contribution in [0.4, 0.5) is 0 Å². The summed E-state index contributed by atoms with van der Waals surface area (Å²) in [4.78, 5) is 26.5. The van der Waals surface area contributed by atoms with Crippen LogP contribution in [0.15, 0.2) is 18.2 Å². The highest BCUT2D eigenvalue weighted by atomic mass is 16.5. The molecule has 2 atom stereocenters. The van der Waals surface area contributed by atoms with Gasteiger partial charge in [0, 0.05) is 24.7 Å². The smallest absolute Gasteiger partial charge is 0.314 e. The summed E-state index contributed by atoms with van der Waals surface area (Å²) in [5.74, 6) is 0.283. The minimum Gasteiger partial charge on any atom is -0.497 e. The molecule has 0 unspecified atom stereocenters. The van der Waals surface area contributed by atoms with Crippen LogP contribution >= 0.6 is 0 Å². The van der Waals surface area contributed by atoms with Crippen LogP contribution in [0, 0.1) is 11.3 Å². The lowest BCUT2D eigenvalue weighted by Gasteiger charge is -2.43. The Morgan fingerprint density at radius 1 is 1.29 bits per heavy atom. The molecular weight excluding hydrogens is 362 g/mol. The number of hydrogen-bond acceptors (Lipinski definition) is 5. The fourth-order valence-electron chi connectivity index (χ4n) is 3.67. The molecular formula is C21H31NO6. The molecule has 1 amide bonds. The molecule has 2 N–H and O–H groups in total. The van der Waals surface area contributed by atoms with Crippen molar-refractivity contribution in [3.05, 3.63) is 23.8 Å². The summed E-state index contributed by atoms with van der Waals surface area (Å²) in [6.45, 7) is 4.40. The molecule has 1 fully saturated rings. The van der Waals surface area contributed by atoms with Crippen molar-refractivity contribution in [1.29, 1.82) is 0 Å². The molecule has 0 aromatic heterocycles. The van der Waals surface area contributed by atoms with Gasteiger partial charge in [-0.1, -0.05) is 19.9 Å². The maximum atomic E-state index is 12.9. The molecule has 0 radical (unpaired) electrons. The number of carboxylic acids is 1. The number of hydrogen-bond donors (Lipinski definition) is 2. The van der Waals surface area contributed by atoms with Gasteiger partial charge in [0.25, 0.3) is 0 Å². The topological polar surface area (TPSA) is 96.3 Å². The van der Waals surface area contributed by atoms with Gasteiger partial charge in [0.05, 0.1) is 26.7 Å². The van der Waals surface area contributed by atoms with E-state index in [1.807, 2.05) is 13.8 Å². The first-order chi connectivity index (χ1) is 13.2. The van der Waals surface area contributed by atoms with E-state index in [2.05, 4.69) is 0 Å². The number of piperidine rings is 1. The van der Waals surface area contributed by atoms with Crippen molar-refractivity contribution >= 4 is 11.9 Å². The highest BCUT2D eigenvalue weighted by molar-refractivity contribution is 5.82. The van der Waals surface area contributed by atoms with Crippen LogP contribution in [0.3, 0.4) is 0 Å². The number of likely N-dealkylation sites (tertiary alicyclic amines) is 1. The van der Waals surface area contributed by atoms with Crippen LogP contribution in [0.2, 0.25) is 0 Å². The van der Waals surface area contributed by atoms with E-state index < -0.39 is 17.5 Å². The standard InChI is InChI=1S/C21H31NO6/c1-14(2)7-9-21(20(25)26)13-22(10-8-18(21)23)19(24)11-15-5-6-16(27-3)12-17(15)28-4/h5-6,12,14,18,23H,7-11,13H2,1-4H3,(H,25,26)/t18-,21+/m0/s1. The maximum Gasteiger partial charge on any atom is 0.314 e. The van der Waals surface area contributed by atoms with E-state index >= 15 is 0 Å². The molecule has 7 nitrogen and oxygen atoms in total. The van der Waals surface area contributed by atoms with Crippen molar-refractivity contribution in [2.45, 2.75) is 45.6 Å². The van der Waals surface area contributed by atoms with Crippen molar-refractivity contribution < 1.29 is 29.3 Å². The van der Waals surface area contributed by atoms with Crippen LogP contribution in [0.5, 0.6) is 11.5 Å². The summed E-state index contributed by atoms with van der Waals surface area (Å²) < 4.78 is 10.5. The second kappa shape index (κ2) is 9.28. The Balaban J connectivity index is 2.18. The van der Waals surface area contributed by atoms with E-state index in [4.69, 9.17) is 9.47 Å². The Morgan fingerprint density at radius 3 is 2.57 bits per heavy atom. The minimum absolute atomic E-state index is 0.0214. The first-order valence-corrected chi connectivity index (χ1v) is 9.63. The molecule has 0 aliphatic carbocycles. The molecule has 2 rings (SSSR count). The number of aliphatic carboxylic acids is 1. The first kappa shape index (κ1) is 22.0. The highest BCUT2D eigenvalue weighted by Crippen LogP contribution is 2.37. The summed E-state index contributed by atoms with van der Waals surface area (Å²) in [6, 6.07) is 5.25. The average molecular weight is 393 g/mol. The number of aliphatic hydroxyl groups is 1. The molecule has 28 heavy (non-hydrogen) atoms. The number of carboxylic acid groups (broad SMARTS) is 1. The molecule has 0 saturated carbocycles. The summed E-state index contributed by atoms with van der Waals surface area (Å²) in [6.07, 6.45) is 0.427. The van der Waals surface area contributed by atoms with Gasteiger partial charge in [0.1, 0.15) is 16.9 Å². The normalized spacial score (nSPS) is 22.2. The lowest BCUT2D eigenvalue weighted by atomic mass is 9.72. The van der Waals surface area contributed by atoms with Gasteiger partial charge in [0.15, 0.2) is 0 Å². The largest absolute Gasteiger partial charge is 0.497 e.